The van der Waals surface area contributed by atoms with Crippen LogP contribution >= 0.6 is 0 Å². The average molecular weight is 358 g/mol. The monoisotopic (exact) mass is 358 g/mol. The van der Waals surface area contributed by atoms with Gasteiger partial charge in [0.1, 0.15) is 11.3 Å². The molecule has 0 radical (unpaired) electrons. The molecule has 0 saturated carbocycles. The molecule has 0 atom stereocenters. The van der Waals surface area contributed by atoms with Gasteiger partial charge in [-0.2, -0.15) is 0 Å². The van der Waals surface area contributed by atoms with E-state index in [4.69, 9.17) is 4.42 Å². The van der Waals surface area contributed by atoms with Crippen LogP contribution in [-0.4, -0.2) is 17.0 Å². The van der Waals surface area contributed by atoms with Gasteiger partial charge in [0.05, 0.1) is 10.9 Å². The van der Waals surface area contributed by atoms with Crippen molar-refractivity contribution in [3.05, 3.63) is 76.3 Å². The van der Waals surface area contributed by atoms with E-state index in [9.17, 15) is 9.59 Å². The average Bonchev–Trinajstić information content (AvgIpc) is 3.05. The summed E-state index contributed by atoms with van der Waals surface area (Å²) in [6.45, 7) is 0.673. The van der Waals surface area contributed by atoms with Crippen LogP contribution in [0, 0.1) is 0 Å². The molecule has 5 rings (SSSR count). The molecule has 1 aliphatic rings. The second-order valence-corrected chi connectivity index (χ2v) is 6.93. The maximum Gasteiger partial charge on any atom is 0.345 e. The van der Waals surface area contributed by atoms with Crippen molar-refractivity contribution in [3.63, 3.8) is 0 Å². The van der Waals surface area contributed by atoms with Crippen molar-refractivity contribution in [1.29, 1.82) is 0 Å². The molecule has 134 valence electrons. The number of carbonyl (C=O) groups excluding carboxylic acids is 1. The molecule has 4 aromatic rings. The first-order chi connectivity index (χ1) is 13.1. The van der Waals surface area contributed by atoms with Gasteiger partial charge in [0.15, 0.2) is 0 Å². The number of rotatable bonds is 1. The van der Waals surface area contributed by atoms with Gasteiger partial charge in [-0.3, -0.25) is 4.79 Å². The molecule has 3 heterocycles. The third-order valence-electron chi connectivity index (χ3n) is 5.37. The number of aromatic nitrogens is 1. The first-order valence-corrected chi connectivity index (χ1v) is 9.06. The van der Waals surface area contributed by atoms with E-state index in [2.05, 4.69) is 6.07 Å². The number of nitrogens with zero attached hydrogens (tertiary/aromatic N) is 2. The summed E-state index contributed by atoms with van der Waals surface area (Å²) in [6, 6.07) is 17.1. The topological polar surface area (TPSA) is 55.5 Å². The summed E-state index contributed by atoms with van der Waals surface area (Å²) in [7, 11) is 1.83. The van der Waals surface area contributed by atoms with Gasteiger partial charge in [-0.05, 0) is 42.7 Å². The normalized spacial score (nSPS) is 13.9. The number of para-hydroxylation sites is 2. The number of hydrogen-bond acceptors (Lipinski definition) is 3. The quantitative estimate of drug-likeness (QED) is 0.485. The Labute approximate surface area is 155 Å². The first kappa shape index (κ1) is 15.9. The number of hydrogen-bond donors (Lipinski definition) is 0. The molecular formula is C22H18N2O3. The zero-order valence-corrected chi connectivity index (χ0v) is 14.9. The number of amides is 1. The first-order valence-electron chi connectivity index (χ1n) is 9.06. The van der Waals surface area contributed by atoms with Crippen LogP contribution in [0.2, 0.25) is 0 Å². The van der Waals surface area contributed by atoms with Crippen LogP contribution in [0.3, 0.4) is 0 Å². The van der Waals surface area contributed by atoms with Gasteiger partial charge < -0.3 is 13.9 Å². The third-order valence-corrected chi connectivity index (χ3v) is 5.37. The minimum absolute atomic E-state index is 0.0932. The van der Waals surface area contributed by atoms with Crippen LogP contribution in [0.1, 0.15) is 22.5 Å². The van der Waals surface area contributed by atoms with E-state index in [1.54, 1.807) is 12.1 Å². The predicted molar refractivity (Wildman–Crippen MR) is 105 cm³/mol. The lowest BCUT2D eigenvalue weighted by molar-refractivity contribution is 0.0977. The molecule has 0 unspecified atom stereocenters. The van der Waals surface area contributed by atoms with E-state index >= 15 is 0 Å². The Morgan fingerprint density at radius 3 is 2.70 bits per heavy atom. The Balaban J connectivity index is 1.72. The fourth-order valence-corrected chi connectivity index (χ4v) is 4.08. The smallest absolute Gasteiger partial charge is 0.345 e. The molecule has 0 fully saturated rings. The van der Waals surface area contributed by atoms with E-state index in [1.807, 2.05) is 52.9 Å². The lowest BCUT2D eigenvalue weighted by atomic mass is 10.0. The summed E-state index contributed by atoms with van der Waals surface area (Å²) in [5.74, 6) is -0.0932. The highest BCUT2D eigenvalue weighted by molar-refractivity contribution is 6.11. The van der Waals surface area contributed by atoms with Crippen molar-refractivity contribution in [3.8, 4) is 0 Å². The molecular weight excluding hydrogens is 340 g/mol. The van der Waals surface area contributed by atoms with Crippen molar-refractivity contribution in [2.24, 2.45) is 7.05 Å². The molecule has 0 aliphatic carbocycles. The molecule has 0 spiro atoms. The second-order valence-electron chi connectivity index (χ2n) is 6.93. The van der Waals surface area contributed by atoms with Crippen LogP contribution in [0.5, 0.6) is 0 Å². The molecule has 2 aromatic heterocycles. The zero-order chi connectivity index (χ0) is 18.5. The highest BCUT2D eigenvalue weighted by Crippen LogP contribution is 2.30. The fraction of sp³-hybridized carbons (Fsp3) is 0.182. The summed E-state index contributed by atoms with van der Waals surface area (Å²) >= 11 is 0. The Morgan fingerprint density at radius 1 is 1.04 bits per heavy atom. The van der Waals surface area contributed by atoms with Gasteiger partial charge in [0.2, 0.25) is 0 Å². The van der Waals surface area contributed by atoms with Crippen LogP contribution in [-0.2, 0) is 13.5 Å². The lowest BCUT2D eigenvalue weighted by Crippen LogP contribution is -2.36. The summed E-state index contributed by atoms with van der Waals surface area (Å²) in [5, 5.41) is 1.26. The van der Waals surface area contributed by atoms with E-state index < -0.39 is 5.63 Å². The summed E-state index contributed by atoms with van der Waals surface area (Å²) in [5.41, 5.74) is 3.47. The van der Waals surface area contributed by atoms with Crippen molar-refractivity contribution in [2.45, 2.75) is 12.8 Å². The van der Waals surface area contributed by atoms with Gasteiger partial charge in [0.25, 0.3) is 5.91 Å². The Morgan fingerprint density at radius 2 is 1.81 bits per heavy atom. The predicted octanol–water partition coefficient (Wildman–Crippen LogP) is 3.88. The zero-order valence-electron chi connectivity index (χ0n) is 14.9. The molecule has 0 saturated heterocycles. The Kier molecular flexibility index (Phi) is 3.44. The molecule has 5 nitrogen and oxygen atoms in total. The Hall–Kier alpha value is -3.34. The molecule has 0 N–H and O–H groups in total. The molecule has 2 aromatic carbocycles. The second kappa shape index (κ2) is 5.84. The van der Waals surface area contributed by atoms with Crippen LogP contribution in [0.15, 0.2) is 63.8 Å². The maximum atomic E-state index is 13.4. The van der Waals surface area contributed by atoms with E-state index in [1.165, 1.54) is 5.56 Å². The summed E-state index contributed by atoms with van der Waals surface area (Å²) < 4.78 is 7.24. The van der Waals surface area contributed by atoms with Crippen LogP contribution < -0.4 is 10.5 Å². The molecule has 0 bridgehead atoms. The largest absolute Gasteiger partial charge is 0.422 e. The standard InChI is InChI=1S/C22H18N2O3/c1-23-18(21(25)24-12-6-8-14-7-2-4-10-17(14)24)13-16-20(23)15-9-3-5-11-19(15)27-22(16)26/h2-5,7,9-11,13H,6,8,12H2,1H3. The van der Waals surface area contributed by atoms with Gasteiger partial charge in [0, 0.05) is 24.7 Å². The molecule has 27 heavy (non-hydrogen) atoms. The molecule has 1 amide bonds. The van der Waals surface area contributed by atoms with Crippen molar-refractivity contribution in [1.82, 2.24) is 4.57 Å². The molecule has 5 heteroatoms. The van der Waals surface area contributed by atoms with E-state index in [0.717, 1.165) is 29.4 Å². The Bertz CT molecular complexity index is 1270. The highest BCUT2D eigenvalue weighted by atomic mass is 16.4. The van der Waals surface area contributed by atoms with Crippen LogP contribution in [0.25, 0.3) is 21.9 Å². The highest BCUT2D eigenvalue weighted by Gasteiger charge is 2.27. The summed E-state index contributed by atoms with van der Waals surface area (Å²) in [6.07, 6.45) is 1.90. The van der Waals surface area contributed by atoms with E-state index in [-0.39, 0.29) is 5.91 Å². The van der Waals surface area contributed by atoms with Gasteiger partial charge in [-0.1, -0.05) is 30.3 Å². The minimum Gasteiger partial charge on any atom is -0.422 e. The van der Waals surface area contributed by atoms with E-state index in [0.29, 0.717) is 23.2 Å². The maximum absolute atomic E-state index is 13.4. The SMILES string of the molecule is Cn1c(C(=O)N2CCCc3ccccc32)cc2c(=O)oc3ccccc3c21. The third kappa shape index (κ3) is 2.31. The fourth-order valence-electron chi connectivity index (χ4n) is 4.08. The minimum atomic E-state index is -0.419. The lowest BCUT2D eigenvalue weighted by Gasteiger charge is -2.29. The van der Waals surface area contributed by atoms with Gasteiger partial charge in [-0.25, -0.2) is 4.79 Å². The van der Waals surface area contributed by atoms with Crippen LogP contribution in [0.4, 0.5) is 5.69 Å². The van der Waals surface area contributed by atoms with Crippen molar-refractivity contribution < 1.29 is 9.21 Å². The number of anilines is 1. The molecule has 1 aliphatic heterocycles. The van der Waals surface area contributed by atoms with Crippen molar-refractivity contribution >= 4 is 33.5 Å². The number of benzene rings is 2. The van der Waals surface area contributed by atoms with Crippen molar-refractivity contribution in [2.75, 3.05) is 11.4 Å². The number of fused-ring (bicyclic) bond motifs is 4. The summed E-state index contributed by atoms with van der Waals surface area (Å²) in [4.78, 5) is 27.6. The number of aryl methyl sites for hydroxylation is 2. The number of carbonyl (C=O) groups is 1. The van der Waals surface area contributed by atoms with Gasteiger partial charge in [-0.15, -0.1) is 0 Å². The van der Waals surface area contributed by atoms with Gasteiger partial charge >= 0.3 is 5.63 Å².